The van der Waals surface area contributed by atoms with Crippen LogP contribution in [-0.4, -0.2) is 0 Å². The molecule has 78 valence electrons. The van der Waals surface area contributed by atoms with Crippen molar-refractivity contribution in [2.75, 3.05) is 0 Å². The van der Waals surface area contributed by atoms with Gasteiger partial charge in [-0.05, 0) is 36.6 Å². The highest BCUT2D eigenvalue weighted by atomic mass is 15.0. The summed E-state index contributed by atoms with van der Waals surface area (Å²) in [6, 6.07) is 14.1. The second kappa shape index (κ2) is 2.94. The Morgan fingerprint density at radius 1 is 1.12 bits per heavy atom. The molecule has 16 heavy (non-hydrogen) atoms. The van der Waals surface area contributed by atoms with Crippen molar-refractivity contribution in [3.05, 3.63) is 53.7 Å². The molecule has 4 rings (SSSR count). The maximum absolute atomic E-state index is 2.44. The molecule has 1 aromatic carbocycles. The molecule has 0 saturated carbocycles. The van der Waals surface area contributed by atoms with Gasteiger partial charge in [-0.15, -0.1) is 0 Å². The van der Waals surface area contributed by atoms with E-state index in [2.05, 4.69) is 47.2 Å². The topological polar surface area (TPSA) is 3.88 Å². The van der Waals surface area contributed by atoms with Crippen LogP contribution in [0.3, 0.4) is 0 Å². The minimum absolute atomic E-state index is 0.591. The van der Waals surface area contributed by atoms with E-state index in [1.165, 1.54) is 36.1 Å². The third-order valence-electron chi connectivity index (χ3n) is 3.92. The van der Waals surface area contributed by atoms with Crippen LogP contribution in [0.1, 0.15) is 30.0 Å². The van der Waals surface area contributed by atoms with Crippen molar-refractivity contribution in [2.24, 2.45) is 0 Å². The first-order valence-electron chi connectivity index (χ1n) is 6.07. The van der Waals surface area contributed by atoms with Gasteiger partial charge in [0.15, 0.2) is 12.2 Å². The van der Waals surface area contributed by atoms with E-state index in [4.69, 9.17) is 0 Å². The third kappa shape index (κ3) is 0.981. The highest BCUT2D eigenvalue weighted by Gasteiger charge is 2.36. The van der Waals surface area contributed by atoms with Crippen molar-refractivity contribution in [1.29, 1.82) is 0 Å². The predicted octanol–water partition coefficient (Wildman–Crippen LogP) is 2.88. The first kappa shape index (κ1) is 8.51. The lowest BCUT2D eigenvalue weighted by Crippen LogP contribution is -2.37. The Morgan fingerprint density at radius 2 is 2.12 bits per heavy atom. The molecule has 0 radical (unpaired) electrons. The van der Waals surface area contributed by atoms with Crippen LogP contribution in [0, 0.1) is 0 Å². The van der Waals surface area contributed by atoms with Crippen LogP contribution < -0.4 is 4.57 Å². The molecule has 1 nitrogen and oxygen atoms in total. The molecule has 0 amide bonds. The number of hydrogen-bond donors (Lipinski definition) is 0. The van der Waals surface area contributed by atoms with Crippen LogP contribution in [0.15, 0.2) is 42.6 Å². The highest BCUT2D eigenvalue weighted by molar-refractivity contribution is 5.65. The minimum atomic E-state index is 0.591. The lowest BCUT2D eigenvalue weighted by atomic mass is 10.0. The van der Waals surface area contributed by atoms with Gasteiger partial charge in [0.05, 0.1) is 5.56 Å². The Morgan fingerprint density at radius 3 is 3.12 bits per heavy atom. The number of aromatic nitrogens is 1. The Kier molecular flexibility index (Phi) is 1.57. The highest BCUT2D eigenvalue weighted by Crippen LogP contribution is 2.38. The summed E-state index contributed by atoms with van der Waals surface area (Å²) in [5, 5.41) is 0. The third-order valence-corrected chi connectivity index (χ3v) is 3.92. The van der Waals surface area contributed by atoms with Crippen LogP contribution >= 0.6 is 0 Å². The lowest BCUT2D eigenvalue weighted by Gasteiger charge is -2.04. The number of nitrogens with zero attached hydrogens (tertiary/aromatic N) is 1. The monoisotopic (exact) mass is 208 g/mol. The Labute approximate surface area is 95.4 Å². The van der Waals surface area contributed by atoms with Gasteiger partial charge in [0.1, 0.15) is 0 Å². The van der Waals surface area contributed by atoms with Crippen molar-refractivity contribution >= 4 is 0 Å². The second-order valence-corrected chi connectivity index (χ2v) is 4.82. The van der Waals surface area contributed by atoms with E-state index < -0.39 is 0 Å². The van der Waals surface area contributed by atoms with Gasteiger partial charge in [-0.2, -0.15) is 4.57 Å². The molecule has 1 aromatic heterocycles. The van der Waals surface area contributed by atoms with E-state index in [0.29, 0.717) is 6.04 Å². The summed E-state index contributed by atoms with van der Waals surface area (Å²) in [6.45, 7) is 0. The molecule has 1 atom stereocenters. The molecular weight excluding hydrogens is 194 g/mol. The SMILES string of the molecule is c1cc[n+]2c(c1)-c1ccc3cc1C2CCC3. The maximum atomic E-state index is 2.44. The van der Waals surface area contributed by atoms with Crippen LogP contribution in [0.5, 0.6) is 0 Å². The fraction of sp³-hybridized carbons (Fsp3) is 0.267. The molecular formula is C15H14N+. The molecule has 1 unspecified atom stereocenters. The number of rotatable bonds is 0. The minimum Gasteiger partial charge on any atom is -0.191 e. The molecule has 2 heterocycles. The van der Waals surface area contributed by atoms with Crippen LogP contribution in [0.2, 0.25) is 0 Å². The van der Waals surface area contributed by atoms with Gasteiger partial charge in [0.25, 0.3) is 0 Å². The van der Waals surface area contributed by atoms with Gasteiger partial charge in [-0.3, -0.25) is 0 Å². The zero-order chi connectivity index (χ0) is 10.5. The largest absolute Gasteiger partial charge is 0.213 e. The van der Waals surface area contributed by atoms with Gasteiger partial charge in [-0.25, -0.2) is 0 Å². The van der Waals surface area contributed by atoms with E-state index in [9.17, 15) is 0 Å². The second-order valence-electron chi connectivity index (χ2n) is 4.82. The number of aryl methyl sites for hydroxylation is 1. The van der Waals surface area contributed by atoms with E-state index >= 15 is 0 Å². The van der Waals surface area contributed by atoms with Crippen molar-refractivity contribution in [1.82, 2.24) is 0 Å². The quantitative estimate of drug-likeness (QED) is 0.586. The van der Waals surface area contributed by atoms with Crippen LogP contribution in [0.25, 0.3) is 11.3 Å². The summed E-state index contributed by atoms with van der Waals surface area (Å²) in [6.07, 6.45) is 6.05. The van der Waals surface area contributed by atoms with Gasteiger partial charge >= 0.3 is 0 Å². The van der Waals surface area contributed by atoms with E-state index in [1.807, 2.05) is 0 Å². The Bertz CT molecular complexity index is 571. The molecule has 1 heteroatoms. The normalized spacial score (nSPS) is 20.4. The lowest BCUT2D eigenvalue weighted by molar-refractivity contribution is -0.698. The summed E-state index contributed by atoms with van der Waals surface area (Å²) in [7, 11) is 0. The molecule has 1 aliphatic carbocycles. The number of pyridine rings is 1. The van der Waals surface area contributed by atoms with Crippen LogP contribution in [0.4, 0.5) is 0 Å². The van der Waals surface area contributed by atoms with Gasteiger partial charge in [0, 0.05) is 24.1 Å². The zero-order valence-corrected chi connectivity index (χ0v) is 9.19. The van der Waals surface area contributed by atoms with Gasteiger partial charge in [0.2, 0.25) is 5.69 Å². The van der Waals surface area contributed by atoms with E-state index in [-0.39, 0.29) is 0 Å². The number of benzene rings is 1. The van der Waals surface area contributed by atoms with Crippen LogP contribution in [-0.2, 0) is 6.42 Å². The summed E-state index contributed by atoms with van der Waals surface area (Å²) in [5.74, 6) is 0. The molecule has 2 aliphatic rings. The summed E-state index contributed by atoms with van der Waals surface area (Å²) < 4.78 is 2.44. The number of hydrogen-bond acceptors (Lipinski definition) is 0. The predicted molar refractivity (Wildman–Crippen MR) is 63.2 cm³/mol. The smallest absolute Gasteiger partial charge is 0.191 e. The van der Waals surface area contributed by atoms with Crippen molar-refractivity contribution in [2.45, 2.75) is 25.3 Å². The Hall–Kier alpha value is -1.63. The summed E-state index contributed by atoms with van der Waals surface area (Å²) >= 11 is 0. The maximum Gasteiger partial charge on any atom is 0.213 e. The first-order valence-corrected chi connectivity index (χ1v) is 6.07. The van der Waals surface area contributed by atoms with E-state index in [1.54, 1.807) is 5.56 Å². The standard InChI is InChI=1S/C15H14N/c1-2-9-16-14(5-1)12-8-7-11-4-3-6-15(16)13(12)10-11/h1-2,5,7-10,15H,3-4,6H2/q+1. The molecule has 0 fully saturated rings. The van der Waals surface area contributed by atoms with Crippen molar-refractivity contribution in [3.8, 4) is 11.3 Å². The molecule has 0 N–H and O–H groups in total. The molecule has 0 spiro atoms. The number of fused-ring (bicyclic) bond motifs is 4. The molecule has 2 aromatic rings. The average Bonchev–Trinajstić information content (AvgIpc) is 2.55. The van der Waals surface area contributed by atoms with Crippen molar-refractivity contribution in [3.63, 3.8) is 0 Å². The fourth-order valence-corrected chi connectivity index (χ4v) is 3.18. The molecule has 1 aliphatic heterocycles. The van der Waals surface area contributed by atoms with Gasteiger partial charge in [-0.1, -0.05) is 6.07 Å². The first-order chi connectivity index (χ1) is 7.93. The Balaban J connectivity index is 2.07. The fourth-order valence-electron chi connectivity index (χ4n) is 3.18. The van der Waals surface area contributed by atoms with Crippen molar-refractivity contribution < 1.29 is 4.57 Å². The average molecular weight is 208 g/mol. The van der Waals surface area contributed by atoms with E-state index in [0.717, 1.165) is 0 Å². The summed E-state index contributed by atoms with van der Waals surface area (Å²) in [5.41, 5.74) is 5.88. The summed E-state index contributed by atoms with van der Waals surface area (Å²) in [4.78, 5) is 0. The molecule has 2 bridgehead atoms. The molecule has 0 saturated heterocycles. The van der Waals surface area contributed by atoms with Gasteiger partial charge < -0.3 is 0 Å². The zero-order valence-electron chi connectivity index (χ0n) is 9.19.